The van der Waals surface area contributed by atoms with Crippen molar-refractivity contribution < 1.29 is 5.11 Å². The first-order chi connectivity index (χ1) is 13.4. The zero-order valence-corrected chi connectivity index (χ0v) is 17.1. The lowest BCUT2D eigenvalue weighted by molar-refractivity contribution is 0.285. The number of pyridine rings is 1. The number of aliphatic hydroxyl groups is 1. The first-order valence-corrected chi connectivity index (χ1v) is 9.63. The van der Waals surface area contributed by atoms with Crippen molar-refractivity contribution in [3.05, 3.63) is 45.5 Å². The van der Waals surface area contributed by atoms with Crippen LogP contribution in [0.15, 0.2) is 12.4 Å². The van der Waals surface area contributed by atoms with Crippen molar-refractivity contribution in [2.45, 2.75) is 46.6 Å². The van der Waals surface area contributed by atoms with E-state index >= 15 is 0 Å². The van der Waals surface area contributed by atoms with Gasteiger partial charge in [-0.25, -0.2) is 4.98 Å². The van der Waals surface area contributed by atoms with Gasteiger partial charge in [0.05, 0.1) is 23.2 Å². The Bertz CT molecular complexity index is 1080. The third kappa shape index (κ3) is 4.11. The maximum atomic E-state index is 8.89. The molecule has 0 unspecified atom stereocenters. The third-order valence-corrected chi connectivity index (χ3v) is 5.22. The molecule has 0 radical (unpaired) electrons. The molecule has 0 aromatic carbocycles. The van der Waals surface area contributed by atoms with E-state index in [4.69, 9.17) is 22.4 Å². The SMILES string of the molecule is Cc1cnc(Cn2cc(C#CCCCCO)c3c(Cl)nc(N)nc32)c(C)c1C. The summed E-state index contributed by atoms with van der Waals surface area (Å²) < 4.78 is 1.97. The summed E-state index contributed by atoms with van der Waals surface area (Å²) in [6.07, 6.45) is 6.12. The number of nitrogen functional groups attached to an aromatic ring is 1. The molecule has 0 fully saturated rings. The fraction of sp³-hybridized carbons (Fsp3) is 0.381. The third-order valence-electron chi connectivity index (χ3n) is 4.94. The van der Waals surface area contributed by atoms with E-state index in [-0.39, 0.29) is 12.6 Å². The van der Waals surface area contributed by atoms with Gasteiger partial charge in [0.2, 0.25) is 5.95 Å². The molecule has 3 heterocycles. The number of unbranched alkanes of at least 4 members (excludes halogenated alkanes) is 2. The quantitative estimate of drug-likeness (QED) is 0.390. The van der Waals surface area contributed by atoms with E-state index in [0.717, 1.165) is 29.7 Å². The molecule has 0 atom stereocenters. The number of aliphatic hydroxyl groups excluding tert-OH is 1. The van der Waals surface area contributed by atoms with Crippen LogP contribution in [-0.2, 0) is 6.54 Å². The fourth-order valence-electron chi connectivity index (χ4n) is 3.06. The van der Waals surface area contributed by atoms with Gasteiger partial charge in [-0.15, -0.1) is 0 Å². The Morgan fingerprint density at radius 2 is 1.96 bits per heavy atom. The number of aromatic nitrogens is 4. The van der Waals surface area contributed by atoms with Crippen molar-refractivity contribution in [2.24, 2.45) is 0 Å². The molecule has 0 bridgehead atoms. The molecule has 3 aromatic heterocycles. The van der Waals surface area contributed by atoms with Gasteiger partial charge in [0, 0.05) is 25.4 Å². The number of nitrogens with two attached hydrogens (primary N) is 1. The summed E-state index contributed by atoms with van der Waals surface area (Å²) in [5.74, 6) is 6.44. The Balaban J connectivity index is 2.04. The summed E-state index contributed by atoms with van der Waals surface area (Å²) in [6, 6.07) is 0. The number of anilines is 1. The van der Waals surface area contributed by atoms with Crippen LogP contribution in [0.2, 0.25) is 5.15 Å². The lowest BCUT2D eigenvalue weighted by atomic mass is 10.0. The van der Waals surface area contributed by atoms with Gasteiger partial charge < -0.3 is 15.4 Å². The average molecular weight is 398 g/mol. The summed E-state index contributed by atoms with van der Waals surface area (Å²) >= 11 is 6.36. The highest BCUT2D eigenvalue weighted by Crippen LogP contribution is 2.28. The summed E-state index contributed by atoms with van der Waals surface area (Å²) in [5, 5.41) is 9.88. The van der Waals surface area contributed by atoms with Gasteiger partial charge >= 0.3 is 0 Å². The topological polar surface area (TPSA) is 89.8 Å². The Hall–Kier alpha value is -2.62. The minimum Gasteiger partial charge on any atom is -0.396 e. The maximum absolute atomic E-state index is 8.89. The molecule has 28 heavy (non-hydrogen) atoms. The number of hydrogen-bond donors (Lipinski definition) is 2. The van der Waals surface area contributed by atoms with E-state index in [1.807, 2.05) is 17.0 Å². The molecule has 6 nitrogen and oxygen atoms in total. The molecule has 0 spiro atoms. The second-order valence-electron chi connectivity index (χ2n) is 6.86. The first kappa shape index (κ1) is 20.1. The number of halogens is 1. The molecule has 0 aliphatic rings. The minimum atomic E-state index is 0.129. The van der Waals surface area contributed by atoms with Gasteiger partial charge in [-0.2, -0.15) is 4.98 Å². The van der Waals surface area contributed by atoms with E-state index in [1.165, 1.54) is 11.1 Å². The standard InChI is InChI=1S/C21H24ClN5O/c1-13-10-24-17(15(3)14(13)2)12-27-11-16(8-6-4-5-7-9-28)18-19(22)25-21(23)26-20(18)27/h10-11,28H,4-5,7,9,12H2,1-3H3,(H2,23,25,26). The van der Waals surface area contributed by atoms with E-state index in [1.54, 1.807) is 0 Å². The van der Waals surface area contributed by atoms with Crippen molar-refractivity contribution in [1.29, 1.82) is 0 Å². The second-order valence-corrected chi connectivity index (χ2v) is 7.22. The van der Waals surface area contributed by atoms with Crippen LogP contribution in [0.1, 0.15) is 47.2 Å². The van der Waals surface area contributed by atoms with Crippen LogP contribution in [0.4, 0.5) is 5.95 Å². The molecule has 3 rings (SSSR count). The highest BCUT2D eigenvalue weighted by Gasteiger charge is 2.16. The van der Waals surface area contributed by atoms with Crippen LogP contribution in [0, 0.1) is 32.6 Å². The molecular weight excluding hydrogens is 374 g/mol. The second kappa shape index (κ2) is 8.59. The number of hydrogen-bond acceptors (Lipinski definition) is 5. The molecule has 0 aliphatic heterocycles. The van der Waals surface area contributed by atoms with E-state index in [2.05, 4.69) is 47.6 Å². The minimum absolute atomic E-state index is 0.129. The zero-order chi connectivity index (χ0) is 20.3. The van der Waals surface area contributed by atoms with Gasteiger partial charge in [0.25, 0.3) is 0 Å². The molecule has 0 amide bonds. The summed E-state index contributed by atoms with van der Waals surface area (Å²) in [4.78, 5) is 13.1. The smallest absolute Gasteiger partial charge is 0.223 e. The summed E-state index contributed by atoms with van der Waals surface area (Å²) in [6.45, 7) is 6.96. The number of nitrogens with zero attached hydrogens (tertiary/aromatic N) is 4. The average Bonchev–Trinajstić information content (AvgIpc) is 2.99. The van der Waals surface area contributed by atoms with Gasteiger partial charge in [-0.3, -0.25) is 4.98 Å². The Morgan fingerprint density at radius 3 is 2.71 bits per heavy atom. The summed E-state index contributed by atoms with van der Waals surface area (Å²) in [7, 11) is 0. The van der Waals surface area contributed by atoms with E-state index in [0.29, 0.717) is 29.2 Å². The maximum Gasteiger partial charge on any atom is 0.223 e. The van der Waals surface area contributed by atoms with Crippen molar-refractivity contribution >= 4 is 28.6 Å². The highest BCUT2D eigenvalue weighted by atomic mass is 35.5. The molecule has 0 saturated heterocycles. The Kier molecular flexibility index (Phi) is 6.18. The van der Waals surface area contributed by atoms with Crippen LogP contribution in [0.5, 0.6) is 0 Å². The molecule has 3 aromatic rings. The van der Waals surface area contributed by atoms with Gasteiger partial charge in [0.15, 0.2) is 0 Å². The van der Waals surface area contributed by atoms with Gasteiger partial charge in [-0.05, 0) is 50.3 Å². The molecule has 0 saturated carbocycles. The van der Waals surface area contributed by atoms with E-state index < -0.39 is 0 Å². The predicted octanol–water partition coefficient (Wildman–Crippen LogP) is 3.55. The normalized spacial score (nSPS) is 10.9. The van der Waals surface area contributed by atoms with Crippen LogP contribution in [-0.4, -0.2) is 31.2 Å². The fourth-order valence-corrected chi connectivity index (χ4v) is 3.33. The zero-order valence-electron chi connectivity index (χ0n) is 16.4. The predicted molar refractivity (Wildman–Crippen MR) is 112 cm³/mol. The number of rotatable bonds is 5. The van der Waals surface area contributed by atoms with Gasteiger partial charge in [-0.1, -0.05) is 23.4 Å². The molecule has 3 N–H and O–H groups in total. The molecule has 7 heteroatoms. The summed E-state index contributed by atoms with van der Waals surface area (Å²) in [5.41, 5.74) is 11.8. The van der Waals surface area contributed by atoms with Crippen molar-refractivity contribution in [1.82, 2.24) is 19.5 Å². The van der Waals surface area contributed by atoms with Crippen LogP contribution < -0.4 is 5.73 Å². The largest absolute Gasteiger partial charge is 0.396 e. The van der Waals surface area contributed by atoms with E-state index in [9.17, 15) is 0 Å². The first-order valence-electron chi connectivity index (χ1n) is 9.25. The van der Waals surface area contributed by atoms with Crippen LogP contribution >= 0.6 is 11.6 Å². The Morgan fingerprint density at radius 1 is 1.18 bits per heavy atom. The number of aryl methyl sites for hydroxylation is 1. The van der Waals surface area contributed by atoms with Crippen LogP contribution in [0.25, 0.3) is 11.0 Å². The molecule has 146 valence electrons. The lowest BCUT2D eigenvalue weighted by Crippen LogP contribution is -2.06. The van der Waals surface area contributed by atoms with Gasteiger partial charge in [0.1, 0.15) is 10.8 Å². The van der Waals surface area contributed by atoms with Crippen molar-refractivity contribution in [3.8, 4) is 11.8 Å². The van der Waals surface area contributed by atoms with Crippen LogP contribution in [0.3, 0.4) is 0 Å². The number of fused-ring (bicyclic) bond motifs is 1. The lowest BCUT2D eigenvalue weighted by Gasteiger charge is -2.11. The Labute approximate surface area is 169 Å². The molecular formula is C21H24ClN5O. The monoisotopic (exact) mass is 397 g/mol. The molecule has 0 aliphatic carbocycles. The highest BCUT2D eigenvalue weighted by molar-refractivity contribution is 6.34. The van der Waals surface area contributed by atoms with Crippen molar-refractivity contribution in [2.75, 3.05) is 12.3 Å². The van der Waals surface area contributed by atoms with Crippen molar-refractivity contribution in [3.63, 3.8) is 0 Å².